The first-order valence-corrected chi connectivity index (χ1v) is 8.65. The van der Waals surface area contributed by atoms with Crippen molar-refractivity contribution in [3.05, 3.63) is 58.9 Å². The molecule has 2 aromatic rings. The van der Waals surface area contributed by atoms with Gasteiger partial charge in [0.15, 0.2) is 0 Å². The van der Waals surface area contributed by atoms with Gasteiger partial charge in [-0.1, -0.05) is 12.1 Å². The van der Waals surface area contributed by atoms with Gasteiger partial charge in [0, 0.05) is 12.2 Å². The van der Waals surface area contributed by atoms with Crippen LogP contribution >= 0.6 is 0 Å². The number of hydrogen-bond acceptors (Lipinski definition) is 4. The minimum atomic E-state index is -0.337. The quantitative estimate of drug-likeness (QED) is 0.750. The zero-order chi connectivity index (χ0) is 19.1. The molecule has 1 aromatic heterocycles. The maximum absolute atomic E-state index is 12.4. The molecule has 2 N–H and O–H groups in total. The molecule has 0 fully saturated rings. The van der Waals surface area contributed by atoms with Crippen molar-refractivity contribution >= 4 is 17.5 Å². The number of carbonyl (C=O) groups is 2. The maximum Gasteiger partial charge on any atom is 0.274 e. The van der Waals surface area contributed by atoms with E-state index in [9.17, 15) is 9.59 Å². The number of pyridine rings is 1. The number of rotatable bonds is 7. The molecule has 0 unspecified atom stereocenters. The molecular formula is C20H26N4O2. The van der Waals surface area contributed by atoms with Gasteiger partial charge in [0.25, 0.3) is 11.8 Å². The van der Waals surface area contributed by atoms with Crippen LogP contribution in [0, 0.1) is 13.8 Å². The molecule has 2 rings (SSSR count). The molecule has 0 bridgehead atoms. The third-order valence-corrected chi connectivity index (χ3v) is 4.05. The van der Waals surface area contributed by atoms with Crippen molar-refractivity contribution < 1.29 is 9.59 Å². The van der Waals surface area contributed by atoms with Crippen molar-refractivity contribution in [3.63, 3.8) is 0 Å². The van der Waals surface area contributed by atoms with Crippen molar-refractivity contribution in [1.82, 2.24) is 15.2 Å². The third-order valence-electron chi connectivity index (χ3n) is 4.05. The fraction of sp³-hybridized carbons (Fsp3) is 0.350. The molecule has 26 heavy (non-hydrogen) atoms. The molecular weight excluding hydrogens is 328 g/mol. The molecule has 0 saturated carbocycles. The summed E-state index contributed by atoms with van der Waals surface area (Å²) in [7, 11) is 3.97. The monoisotopic (exact) mass is 354 g/mol. The van der Waals surface area contributed by atoms with Crippen LogP contribution < -0.4 is 10.6 Å². The van der Waals surface area contributed by atoms with Gasteiger partial charge in [-0.3, -0.25) is 9.59 Å². The van der Waals surface area contributed by atoms with E-state index in [1.165, 1.54) is 0 Å². The summed E-state index contributed by atoms with van der Waals surface area (Å²) in [5.74, 6) is -0.611. The minimum Gasteiger partial charge on any atom is -0.351 e. The minimum absolute atomic E-state index is 0.212. The Morgan fingerprint density at radius 3 is 2.35 bits per heavy atom. The Morgan fingerprint density at radius 1 is 1.00 bits per heavy atom. The molecule has 2 amide bonds. The molecule has 6 nitrogen and oxygen atoms in total. The second-order valence-electron chi connectivity index (χ2n) is 6.57. The van der Waals surface area contributed by atoms with Gasteiger partial charge in [-0.2, -0.15) is 0 Å². The fourth-order valence-corrected chi connectivity index (χ4v) is 2.39. The molecule has 0 radical (unpaired) electrons. The van der Waals surface area contributed by atoms with Gasteiger partial charge in [-0.25, -0.2) is 4.98 Å². The molecule has 1 aromatic carbocycles. The standard InChI is InChI=1S/C20H26N4O2/c1-14-9-10-16(13-15(14)2)22-20(26)18-8-5-7-17(23-18)19(25)21-11-6-12-24(3)4/h5,7-10,13H,6,11-12H2,1-4H3,(H,21,25)(H,22,26). The number of nitrogens with one attached hydrogen (secondary N) is 2. The fourth-order valence-electron chi connectivity index (χ4n) is 2.39. The van der Waals surface area contributed by atoms with Crippen LogP contribution in [0.2, 0.25) is 0 Å². The maximum atomic E-state index is 12.4. The van der Waals surface area contributed by atoms with Gasteiger partial charge < -0.3 is 15.5 Å². The summed E-state index contributed by atoms with van der Waals surface area (Å²) in [5.41, 5.74) is 3.42. The number of amides is 2. The van der Waals surface area contributed by atoms with E-state index in [-0.39, 0.29) is 23.2 Å². The number of anilines is 1. The molecule has 0 aliphatic rings. The predicted molar refractivity (Wildman–Crippen MR) is 104 cm³/mol. The van der Waals surface area contributed by atoms with Gasteiger partial charge in [0.1, 0.15) is 11.4 Å². The molecule has 0 aliphatic heterocycles. The van der Waals surface area contributed by atoms with Crippen molar-refractivity contribution in [2.24, 2.45) is 0 Å². The van der Waals surface area contributed by atoms with E-state index in [4.69, 9.17) is 0 Å². The average molecular weight is 354 g/mol. The lowest BCUT2D eigenvalue weighted by atomic mass is 10.1. The highest BCUT2D eigenvalue weighted by Gasteiger charge is 2.12. The van der Waals surface area contributed by atoms with Gasteiger partial charge in [-0.15, -0.1) is 0 Å². The van der Waals surface area contributed by atoms with Crippen LogP contribution in [0.1, 0.15) is 38.5 Å². The first-order valence-electron chi connectivity index (χ1n) is 8.65. The van der Waals surface area contributed by atoms with E-state index < -0.39 is 0 Å². The average Bonchev–Trinajstić information content (AvgIpc) is 2.61. The SMILES string of the molecule is Cc1ccc(NC(=O)c2cccc(C(=O)NCCCN(C)C)n2)cc1C. The summed E-state index contributed by atoms with van der Waals surface area (Å²) >= 11 is 0. The molecule has 0 atom stereocenters. The Kier molecular flexibility index (Phi) is 6.86. The smallest absolute Gasteiger partial charge is 0.274 e. The number of hydrogen-bond donors (Lipinski definition) is 2. The number of aryl methyl sites for hydroxylation is 2. The highest BCUT2D eigenvalue weighted by atomic mass is 16.2. The van der Waals surface area contributed by atoms with Gasteiger partial charge >= 0.3 is 0 Å². The van der Waals surface area contributed by atoms with E-state index in [2.05, 4.69) is 20.5 Å². The van der Waals surface area contributed by atoms with Crippen molar-refractivity contribution in [2.75, 3.05) is 32.5 Å². The summed E-state index contributed by atoms with van der Waals surface area (Å²) in [6.07, 6.45) is 0.853. The first kappa shape index (κ1) is 19.6. The van der Waals surface area contributed by atoms with Crippen LogP contribution in [0.15, 0.2) is 36.4 Å². The van der Waals surface area contributed by atoms with E-state index in [0.717, 1.165) is 24.1 Å². The summed E-state index contributed by atoms with van der Waals surface area (Å²) < 4.78 is 0. The van der Waals surface area contributed by atoms with Crippen LogP contribution in [-0.2, 0) is 0 Å². The van der Waals surface area contributed by atoms with Crippen LogP contribution in [0.3, 0.4) is 0 Å². The molecule has 0 spiro atoms. The van der Waals surface area contributed by atoms with Crippen LogP contribution in [0.5, 0.6) is 0 Å². The Labute approximate surface area is 154 Å². The number of nitrogens with zero attached hydrogens (tertiary/aromatic N) is 2. The summed E-state index contributed by atoms with van der Waals surface area (Å²) in [6.45, 7) is 5.47. The highest BCUT2D eigenvalue weighted by molar-refractivity contribution is 6.03. The van der Waals surface area contributed by atoms with Crippen molar-refractivity contribution in [1.29, 1.82) is 0 Å². The topological polar surface area (TPSA) is 74.3 Å². The summed E-state index contributed by atoms with van der Waals surface area (Å²) in [5, 5.41) is 5.64. The zero-order valence-electron chi connectivity index (χ0n) is 15.8. The molecule has 138 valence electrons. The normalized spacial score (nSPS) is 10.7. The highest BCUT2D eigenvalue weighted by Crippen LogP contribution is 2.15. The number of benzene rings is 1. The van der Waals surface area contributed by atoms with Gasteiger partial charge in [-0.05, 0) is 76.3 Å². The molecule has 1 heterocycles. The predicted octanol–water partition coefficient (Wildman–Crippen LogP) is 2.63. The largest absolute Gasteiger partial charge is 0.351 e. The Morgan fingerprint density at radius 2 is 1.69 bits per heavy atom. The van der Waals surface area contributed by atoms with Crippen molar-refractivity contribution in [2.45, 2.75) is 20.3 Å². The Hall–Kier alpha value is -2.73. The molecule has 0 saturated heterocycles. The van der Waals surface area contributed by atoms with E-state index in [1.807, 2.05) is 46.1 Å². The van der Waals surface area contributed by atoms with E-state index >= 15 is 0 Å². The number of carbonyl (C=O) groups excluding carboxylic acids is 2. The lowest BCUT2D eigenvalue weighted by Gasteiger charge is -2.10. The van der Waals surface area contributed by atoms with Gasteiger partial charge in [0.2, 0.25) is 0 Å². The molecule has 0 aliphatic carbocycles. The second kappa shape index (κ2) is 9.10. The Bertz CT molecular complexity index is 787. The summed E-state index contributed by atoms with van der Waals surface area (Å²) in [6, 6.07) is 10.6. The van der Waals surface area contributed by atoms with E-state index in [0.29, 0.717) is 12.2 Å². The van der Waals surface area contributed by atoms with Crippen molar-refractivity contribution in [3.8, 4) is 0 Å². The van der Waals surface area contributed by atoms with E-state index in [1.54, 1.807) is 18.2 Å². The van der Waals surface area contributed by atoms with Gasteiger partial charge in [0.05, 0.1) is 0 Å². The molecule has 6 heteroatoms. The second-order valence-corrected chi connectivity index (χ2v) is 6.57. The van der Waals surface area contributed by atoms with Crippen LogP contribution in [0.25, 0.3) is 0 Å². The zero-order valence-corrected chi connectivity index (χ0v) is 15.8. The summed E-state index contributed by atoms with van der Waals surface area (Å²) in [4.78, 5) is 30.8. The van der Waals surface area contributed by atoms with Crippen LogP contribution in [0.4, 0.5) is 5.69 Å². The number of aromatic nitrogens is 1. The Balaban J connectivity index is 1.99. The lowest BCUT2D eigenvalue weighted by molar-refractivity contribution is 0.0947. The van der Waals surface area contributed by atoms with Crippen LogP contribution in [-0.4, -0.2) is 48.9 Å². The third kappa shape index (κ3) is 5.67. The lowest BCUT2D eigenvalue weighted by Crippen LogP contribution is -2.28. The first-order chi connectivity index (χ1) is 12.4.